The van der Waals surface area contributed by atoms with Crippen molar-refractivity contribution in [1.29, 1.82) is 0 Å². The predicted octanol–water partition coefficient (Wildman–Crippen LogP) is 3.52. The first-order valence-corrected chi connectivity index (χ1v) is 9.29. The fourth-order valence-electron chi connectivity index (χ4n) is 3.15. The second-order valence-electron chi connectivity index (χ2n) is 6.81. The Kier molecular flexibility index (Phi) is 4.17. The van der Waals surface area contributed by atoms with Gasteiger partial charge in [-0.3, -0.25) is 0 Å². The molecule has 5 aromatic rings. The topological polar surface area (TPSA) is 87.4 Å². The highest BCUT2D eigenvalue weighted by molar-refractivity contribution is 5.62. The third kappa shape index (κ3) is 3.04. The van der Waals surface area contributed by atoms with Crippen LogP contribution < -0.4 is 10.4 Å². The van der Waals surface area contributed by atoms with Gasteiger partial charge in [-0.2, -0.15) is 4.68 Å². The summed E-state index contributed by atoms with van der Waals surface area (Å²) in [4.78, 5) is 12.7. The van der Waals surface area contributed by atoms with Crippen LogP contribution in [0.15, 0.2) is 76.1 Å². The summed E-state index contributed by atoms with van der Waals surface area (Å²) in [6.45, 7) is 2.02. The molecule has 0 saturated heterocycles. The van der Waals surface area contributed by atoms with Crippen LogP contribution in [0.4, 0.5) is 0 Å². The number of aryl methyl sites for hydroxylation is 1. The van der Waals surface area contributed by atoms with Crippen molar-refractivity contribution in [3.8, 4) is 34.3 Å². The van der Waals surface area contributed by atoms with E-state index in [0.717, 1.165) is 11.1 Å². The van der Waals surface area contributed by atoms with Crippen molar-refractivity contribution in [2.75, 3.05) is 7.11 Å². The monoisotopic (exact) mass is 399 g/mol. The fourth-order valence-corrected chi connectivity index (χ4v) is 3.15. The Labute approximate surface area is 171 Å². The van der Waals surface area contributed by atoms with Crippen molar-refractivity contribution in [2.24, 2.45) is 0 Å². The SMILES string of the molecule is COc1ccc(-n2nc3cc(-c4nnc(-c5ccc(C)cc5)o4)ccn3c2=O)cc1. The van der Waals surface area contributed by atoms with Gasteiger partial charge in [0, 0.05) is 17.3 Å². The zero-order valence-electron chi connectivity index (χ0n) is 16.3. The minimum Gasteiger partial charge on any atom is -0.497 e. The number of hydrogen-bond acceptors (Lipinski definition) is 6. The van der Waals surface area contributed by atoms with Gasteiger partial charge in [-0.15, -0.1) is 15.3 Å². The van der Waals surface area contributed by atoms with E-state index >= 15 is 0 Å². The molecule has 3 heterocycles. The van der Waals surface area contributed by atoms with Crippen molar-refractivity contribution in [1.82, 2.24) is 24.4 Å². The molecule has 8 heteroatoms. The zero-order valence-corrected chi connectivity index (χ0v) is 16.3. The number of fused-ring (bicyclic) bond motifs is 1. The average Bonchev–Trinajstić information content (AvgIpc) is 3.39. The maximum Gasteiger partial charge on any atom is 0.355 e. The lowest BCUT2D eigenvalue weighted by molar-refractivity contribution is 0.414. The first-order valence-electron chi connectivity index (χ1n) is 9.29. The fraction of sp³-hybridized carbons (Fsp3) is 0.0909. The van der Waals surface area contributed by atoms with Crippen LogP contribution in [0.3, 0.4) is 0 Å². The van der Waals surface area contributed by atoms with Crippen LogP contribution in [-0.4, -0.2) is 31.5 Å². The number of benzene rings is 2. The van der Waals surface area contributed by atoms with E-state index in [0.29, 0.717) is 34.4 Å². The van der Waals surface area contributed by atoms with E-state index in [1.54, 1.807) is 49.7 Å². The van der Waals surface area contributed by atoms with Crippen LogP contribution >= 0.6 is 0 Å². The largest absolute Gasteiger partial charge is 0.497 e. The van der Waals surface area contributed by atoms with E-state index in [9.17, 15) is 4.79 Å². The molecule has 0 radical (unpaired) electrons. The van der Waals surface area contributed by atoms with Gasteiger partial charge in [-0.05, 0) is 55.5 Å². The highest BCUT2D eigenvalue weighted by atomic mass is 16.5. The molecule has 3 aromatic heterocycles. The molecule has 0 unspecified atom stereocenters. The predicted molar refractivity (Wildman–Crippen MR) is 111 cm³/mol. The molecule has 5 rings (SSSR count). The van der Waals surface area contributed by atoms with E-state index in [2.05, 4.69) is 15.3 Å². The number of methoxy groups -OCH3 is 1. The molecule has 0 spiro atoms. The molecule has 0 N–H and O–H groups in total. The van der Waals surface area contributed by atoms with E-state index in [-0.39, 0.29) is 5.69 Å². The molecule has 0 saturated carbocycles. The number of pyridine rings is 1. The average molecular weight is 399 g/mol. The minimum atomic E-state index is -0.271. The summed E-state index contributed by atoms with van der Waals surface area (Å²) in [5.41, 5.74) is 3.53. The maximum absolute atomic E-state index is 12.7. The minimum absolute atomic E-state index is 0.271. The van der Waals surface area contributed by atoms with Crippen LogP contribution in [-0.2, 0) is 0 Å². The van der Waals surface area contributed by atoms with Crippen LogP contribution in [0.25, 0.3) is 34.2 Å². The molecule has 2 aromatic carbocycles. The molecule has 148 valence electrons. The summed E-state index contributed by atoms with van der Waals surface area (Å²) in [6.07, 6.45) is 1.65. The second-order valence-corrected chi connectivity index (χ2v) is 6.81. The Morgan fingerprint density at radius 3 is 2.30 bits per heavy atom. The highest BCUT2D eigenvalue weighted by Crippen LogP contribution is 2.24. The van der Waals surface area contributed by atoms with Gasteiger partial charge in [0.1, 0.15) is 5.75 Å². The van der Waals surface area contributed by atoms with Crippen molar-refractivity contribution in [2.45, 2.75) is 6.92 Å². The Balaban J connectivity index is 1.52. The third-order valence-corrected chi connectivity index (χ3v) is 4.81. The van der Waals surface area contributed by atoms with Crippen LogP contribution in [0, 0.1) is 6.92 Å². The summed E-state index contributed by atoms with van der Waals surface area (Å²) >= 11 is 0. The Bertz CT molecular complexity index is 1400. The number of hydrogen-bond donors (Lipinski definition) is 0. The molecule has 30 heavy (non-hydrogen) atoms. The summed E-state index contributed by atoms with van der Waals surface area (Å²) < 4.78 is 13.8. The van der Waals surface area contributed by atoms with Crippen molar-refractivity contribution in [3.05, 3.63) is 82.9 Å². The number of ether oxygens (including phenoxy) is 1. The van der Waals surface area contributed by atoms with Gasteiger partial charge in [0.15, 0.2) is 5.65 Å². The van der Waals surface area contributed by atoms with Crippen LogP contribution in [0.5, 0.6) is 5.75 Å². The zero-order chi connectivity index (χ0) is 20.7. The van der Waals surface area contributed by atoms with Gasteiger partial charge in [0.25, 0.3) is 0 Å². The molecule has 0 aliphatic heterocycles. The number of rotatable bonds is 4. The normalized spacial score (nSPS) is 11.1. The van der Waals surface area contributed by atoms with Crippen molar-refractivity contribution in [3.63, 3.8) is 0 Å². The Morgan fingerprint density at radius 2 is 1.60 bits per heavy atom. The summed E-state index contributed by atoms with van der Waals surface area (Å²) in [6, 6.07) is 18.5. The first-order chi connectivity index (χ1) is 14.6. The lowest BCUT2D eigenvalue weighted by Crippen LogP contribution is -2.19. The van der Waals surface area contributed by atoms with Gasteiger partial charge in [-0.1, -0.05) is 17.7 Å². The van der Waals surface area contributed by atoms with Gasteiger partial charge < -0.3 is 9.15 Å². The second kappa shape index (κ2) is 7.00. The molecular formula is C22H17N5O3. The smallest absolute Gasteiger partial charge is 0.355 e. The van der Waals surface area contributed by atoms with Crippen LogP contribution in [0.1, 0.15) is 5.56 Å². The highest BCUT2D eigenvalue weighted by Gasteiger charge is 2.14. The van der Waals surface area contributed by atoms with Gasteiger partial charge in [0.05, 0.1) is 12.8 Å². The summed E-state index contributed by atoms with van der Waals surface area (Å²) in [5.74, 6) is 1.50. The van der Waals surface area contributed by atoms with Gasteiger partial charge >= 0.3 is 5.69 Å². The standard InChI is InChI=1S/C22H17N5O3/c1-14-3-5-15(6-4-14)20-23-24-21(30-20)16-11-12-26-19(13-16)25-27(22(26)28)17-7-9-18(29-2)10-8-17/h3-13H,1-2H3. The van der Waals surface area contributed by atoms with E-state index in [1.165, 1.54) is 9.08 Å². The first kappa shape index (κ1) is 17.9. The molecule has 0 bridgehead atoms. The number of nitrogens with zero attached hydrogens (tertiary/aromatic N) is 5. The Hall–Kier alpha value is -4.20. The maximum atomic E-state index is 12.7. The van der Waals surface area contributed by atoms with E-state index in [1.807, 2.05) is 31.2 Å². The molecule has 0 aliphatic rings. The van der Waals surface area contributed by atoms with Gasteiger partial charge in [0.2, 0.25) is 11.8 Å². The van der Waals surface area contributed by atoms with E-state index in [4.69, 9.17) is 9.15 Å². The lowest BCUT2D eigenvalue weighted by Gasteiger charge is -2.01. The van der Waals surface area contributed by atoms with Crippen LogP contribution in [0.2, 0.25) is 0 Å². The molecule has 0 aliphatic carbocycles. The number of aromatic nitrogens is 5. The molecule has 0 amide bonds. The van der Waals surface area contributed by atoms with Crippen molar-refractivity contribution < 1.29 is 9.15 Å². The molecular weight excluding hydrogens is 382 g/mol. The molecule has 8 nitrogen and oxygen atoms in total. The summed E-state index contributed by atoms with van der Waals surface area (Å²) in [5, 5.41) is 12.7. The third-order valence-electron chi connectivity index (χ3n) is 4.81. The van der Waals surface area contributed by atoms with Crippen molar-refractivity contribution >= 4 is 5.65 Å². The molecule has 0 atom stereocenters. The molecule has 0 fully saturated rings. The summed E-state index contributed by atoms with van der Waals surface area (Å²) in [7, 11) is 1.59. The Morgan fingerprint density at radius 1 is 0.900 bits per heavy atom. The van der Waals surface area contributed by atoms with Gasteiger partial charge in [-0.25, -0.2) is 9.20 Å². The van der Waals surface area contributed by atoms with E-state index < -0.39 is 0 Å². The lowest BCUT2D eigenvalue weighted by atomic mass is 10.1. The quantitative estimate of drug-likeness (QED) is 0.460.